The fourth-order valence-corrected chi connectivity index (χ4v) is 2.75. The fourth-order valence-electron chi connectivity index (χ4n) is 2.75. The van der Waals surface area contributed by atoms with E-state index in [4.69, 9.17) is 4.99 Å². The molecule has 0 fully saturated rings. The molecule has 0 saturated heterocycles. The molecule has 0 aliphatic carbocycles. The Balaban J connectivity index is 2.23. The summed E-state index contributed by atoms with van der Waals surface area (Å²) in [6, 6.07) is 0. The zero-order valence-corrected chi connectivity index (χ0v) is 12.2. The Morgan fingerprint density at radius 2 is 1.71 bits per heavy atom. The van der Waals surface area contributed by atoms with Gasteiger partial charge in [0.15, 0.2) is 0 Å². The highest BCUT2D eigenvalue weighted by Crippen LogP contribution is 2.34. The van der Waals surface area contributed by atoms with Crippen LogP contribution in [0.2, 0.25) is 0 Å². The maximum Gasteiger partial charge on any atom is 0.0610 e. The minimum atomic E-state index is 0.192. The van der Waals surface area contributed by atoms with Crippen molar-refractivity contribution in [3.63, 3.8) is 0 Å². The van der Waals surface area contributed by atoms with Crippen LogP contribution in [0.25, 0.3) is 0 Å². The number of aliphatic imine (C=N–C) groups is 1. The molecule has 2 aliphatic heterocycles. The van der Waals surface area contributed by atoms with E-state index in [0.717, 1.165) is 13.1 Å². The fraction of sp³-hybridized carbons (Fsp3) is 0.800. The Morgan fingerprint density at radius 1 is 1.06 bits per heavy atom. The molecule has 2 aliphatic rings. The van der Waals surface area contributed by atoms with Gasteiger partial charge in [-0.05, 0) is 38.3 Å². The molecule has 0 amide bonds. The van der Waals surface area contributed by atoms with Crippen LogP contribution in [0.5, 0.6) is 0 Å². The molecule has 0 aromatic carbocycles. The summed E-state index contributed by atoms with van der Waals surface area (Å²) in [6.07, 6.45) is 1.20. The van der Waals surface area contributed by atoms with Gasteiger partial charge in [0.25, 0.3) is 0 Å². The normalized spacial score (nSPS) is 22.8. The third-order valence-corrected chi connectivity index (χ3v) is 3.83. The molecule has 2 rings (SSSR count). The molecule has 96 valence electrons. The Bertz CT molecular complexity index is 375. The maximum absolute atomic E-state index is 4.78. The van der Waals surface area contributed by atoms with Gasteiger partial charge in [-0.25, -0.2) is 0 Å². The monoisotopic (exact) mass is 234 g/mol. The molecule has 0 saturated carbocycles. The van der Waals surface area contributed by atoms with Gasteiger partial charge in [0.1, 0.15) is 0 Å². The first kappa shape index (κ1) is 12.8. The second kappa shape index (κ2) is 3.94. The number of hydrogen-bond donors (Lipinski definition) is 0. The first-order chi connectivity index (χ1) is 7.69. The van der Waals surface area contributed by atoms with E-state index in [9.17, 15) is 0 Å². The van der Waals surface area contributed by atoms with Crippen LogP contribution in [0.4, 0.5) is 0 Å². The second-order valence-electron chi connectivity index (χ2n) is 7.34. The largest absolute Gasteiger partial charge is 0.294 e. The summed E-state index contributed by atoms with van der Waals surface area (Å²) in [5.41, 5.74) is 4.94. The molecular formula is C15H26N2. The van der Waals surface area contributed by atoms with E-state index in [0.29, 0.717) is 0 Å². The quantitative estimate of drug-likeness (QED) is 0.628. The van der Waals surface area contributed by atoms with Crippen LogP contribution < -0.4 is 0 Å². The minimum Gasteiger partial charge on any atom is -0.294 e. The predicted octanol–water partition coefficient (Wildman–Crippen LogP) is 3.29. The van der Waals surface area contributed by atoms with Crippen molar-refractivity contribution in [2.45, 2.75) is 53.5 Å². The lowest BCUT2D eigenvalue weighted by molar-refractivity contribution is 0.146. The van der Waals surface area contributed by atoms with Crippen LogP contribution in [0, 0.1) is 5.41 Å². The first-order valence-electron chi connectivity index (χ1n) is 6.71. The second-order valence-corrected chi connectivity index (χ2v) is 7.34. The Kier molecular flexibility index (Phi) is 2.97. The van der Waals surface area contributed by atoms with Gasteiger partial charge in [-0.1, -0.05) is 20.8 Å². The smallest absolute Gasteiger partial charge is 0.0610 e. The van der Waals surface area contributed by atoms with Gasteiger partial charge in [0.05, 0.1) is 6.54 Å². The summed E-state index contributed by atoms with van der Waals surface area (Å²) in [7, 11) is 0. The van der Waals surface area contributed by atoms with Crippen molar-refractivity contribution in [3.8, 4) is 0 Å². The lowest BCUT2D eigenvalue weighted by Crippen LogP contribution is -2.46. The molecule has 0 N–H and O–H groups in total. The summed E-state index contributed by atoms with van der Waals surface area (Å²) in [4.78, 5) is 7.37. The standard InChI is InChI=1S/C15H26N2/c1-14(2,3)13-12-10-17(15(4,5)6)8-7-11(12)9-16-13/h7-10H2,1-6H3. The molecule has 0 aromatic heterocycles. The van der Waals surface area contributed by atoms with E-state index in [1.165, 1.54) is 18.7 Å². The molecule has 0 radical (unpaired) electrons. The van der Waals surface area contributed by atoms with Crippen molar-refractivity contribution < 1.29 is 0 Å². The highest BCUT2D eigenvalue weighted by Gasteiger charge is 2.34. The number of rotatable bonds is 0. The van der Waals surface area contributed by atoms with Gasteiger partial charge in [-0.2, -0.15) is 0 Å². The summed E-state index contributed by atoms with van der Waals surface area (Å²) in [6.45, 7) is 17.0. The molecule has 2 heterocycles. The summed E-state index contributed by atoms with van der Waals surface area (Å²) >= 11 is 0. The highest BCUT2D eigenvalue weighted by atomic mass is 15.2. The van der Waals surface area contributed by atoms with Gasteiger partial charge in [-0.3, -0.25) is 9.89 Å². The van der Waals surface area contributed by atoms with E-state index in [2.05, 4.69) is 46.4 Å². The van der Waals surface area contributed by atoms with Crippen LogP contribution in [-0.2, 0) is 0 Å². The Labute approximate surface area is 106 Å². The summed E-state index contributed by atoms with van der Waals surface area (Å²) < 4.78 is 0. The van der Waals surface area contributed by atoms with Crippen molar-refractivity contribution in [1.82, 2.24) is 4.90 Å². The van der Waals surface area contributed by atoms with Crippen LogP contribution >= 0.6 is 0 Å². The highest BCUT2D eigenvalue weighted by molar-refractivity contribution is 6.06. The average Bonchev–Trinajstić information content (AvgIpc) is 2.57. The molecular weight excluding hydrogens is 208 g/mol. The Hall–Kier alpha value is -0.630. The molecule has 2 heteroatoms. The van der Waals surface area contributed by atoms with E-state index < -0.39 is 0 Å². The van der Waals surface area contributed by atoms with Gasteiger partial charge in [-0.15, -0.1) is 0 Å². The van der Waals surface area contributed by atoms with Gasteiger partial charge in [0.2, 0.25) is 0 Å². The minimum absolute atomic E-state index is 0.192. The zero-order valence-electron chi connectivity index (χ0n) is 12.2. The predicted molar refractivity (Wildman–Crippen MR) is 74.7 cm³/mol. The third-order valence-electron chi connectivity index (χ3n) is 3.83. The van der Waals surface area contributed by atoms with E-state index in [1.807, 2.05) is 0 Å². The molecule has 17 heavy (non-hydrogen) atoms. The Morgan fingerprint density at radius 3 is 2.24 bits per heavy atom. The summed E-state index contributed by atoms with van der Waals surface area (Å²) in [5, 5.41) is 0. The van der Waals surface area contributed by atoms with Crippen molar-refractivity contribution in [2.24, 2.45) is 10.4 Å². The molecule has 0 unspecified atom stereocenters. The first-order valence-corrected chi connectivity index (χ1v) is 6.71. The van der Waals surface area contributed by atoms with E-state index in [-0.39, 0.29) is 11.0 Å². The van der Waals surface area contributed by atoms with Crippen LogP contribution in [0.1, 0.15) is 48.0 Å². The zero-order chi connectivity index (χ0) is 12.8. The van der Waals surface area contributed by atoms with Crippen LogP contribution in [0.15, 0.2) is 16.1 Å². The maximum atomic E-state index is 4.78. The molecule has 0 spiro atoms. The number of hydrogen-bond acceptors (Lipinski definition) is 2. The van der Waals surface area contributed by atoms with Crippen LogP contribution in [0.3, 0.4) is 0 Å². The van der Waals surface area contributed by atoms with E-state index in [1.54, 1.807) is 11.1 Å². The van der Waals surface area contributed by atoms with Crippen LogP contribution in [-0.4, -0.2) is 35.8 Å². The van der Waals surface area contributed by atoms with E-state index >= 15 is 0 Å². The third kappa shape index (κ3) is 2.47. The average molecular weight is 234 g/mol. The molecule has 0 bridgehead atoms. The van der Waals surface area contributed by atoms with Crippen molar-refractivity contribution >= 4 is 5.71 Å². The summed E-state index contributed by atoms with van der Waals surface area (Å²) in [5.74, 6) is 0. The SMILES string of the molecule is CC(C)(C)C1=NCC2=C1CN(C(C)(C)C)CC2. The lowest BCUT2D eigenvalue weighted by atomic mass is 9.82. The van der Waals surface area contributed by atoms with Crippen molar-refractivity contribution in [2.75, 3.05) is 19.6 Å². The van der Waals surface area contributed by atoms with Gasteiger partial charge >= 0.3 is 0 Å². The molecule has 0 aromatic rings. The molecule has 0 atom stereocenters. The topological polar surface area (TPSA) is 15.6 Å². The van der Waals surface area contributed by atoms with Crippen molar-refractivity contribution in [1.29, 1.82) is 0 Å². The number of nitrogens with zero attached hydrogens (tertiary/aromatic N) is 2. The molecule has 2 nitrogen and oxygen atoms in total. The van der Waals surface area contributed by atoms with Crippen molar-refractivity contribution in [3.05, 3.63) is 11.1 Å². The lowest BCUT2D eigenvalue weighted by Gasteiger charge is -2.40. The van der Waals surface area contributed by atoms with Gasteiger partial charge < -0.3 is 0 Å². The van der Waals surface area contributed by atoms with Gasteiger partial charge in [0, 0.05) is 29.8 Å².